The van der Waals surface area contributed by atoms with Crippen LogP contribution in [-0.4, -0.2) is 6.54 Å². The van der Waals surface area contributed by atoms with Crippen LogP contribution in [0.25, 0.3) is 0 Å². The van der Waals surface area contributed by atoms with Crippen molar-refractivity contribution in [2.45, 2.75) is 77.6 Å². The van der Waals surface area contributed by atoms with Gasteiger partial charge >= 0.3 is 31.1 Å². The van der Waals surface area contributed by atoms with Gasteiger partial charge in [0.1, 0.15) is 0 Å². The third-order valence-corrected chi connectivity index (χ3v) is 2.85. The second-order valence-corrected chi connectivity index (χ2v) is 6.80. The van der Waals surface area contributed by atoms with Crippen molar-refractivity contribution in [3.05, 3.63) is 0 Å². The third-order valence-electron chi connectivity index (χ3n) is 2.85. The maximum absolute atomic E-state index is 8.63. The Bertz CT molecular complexity index is 239. The van der Waals surface area contributed by atoms with Crippen LogP contribution in [0.4, 0.5) is 0 Å². The summed E-state index contributed by atoms with van der Waals surface area (Å²) in [6, 6.07) is 0. The zero-order chi connectivity index (χ0) is 15.0. The molecule has 0 aliphatic heterocycles. The normalized spacial score (nSPS) is 10.4. The van der Waals surface area contributed by atoms with Crippen molar-refractivity contribution in [1.29, 1.82) is 0 Å². The Balaban J connectivity index is -0.000000414. The zero-order valence-electron chi connectivity index (χ0n) is 13.2. The van der Waals surface area contributed by atoms with E-state index in [9.17, 15) is 0 Å². The van der Waals surface area contributed by atoms with E-state index in [0.29, 0.717) is 0 Å². The van der Waals surface area contributed by atoms with Gasteiger partial charge in [0.05, 0.1) is 6.54 Å². The molecule has 0 aromatic heterocycles. The Labute approximate surface area is 127 Å². The van der Waals surface area contributed by atoms with E-state index in [4.69, 9.17) is 14.3 Å². The van der Waals surface area contributed by atoms with Crippen molar-refractivity contribution in [2.24, 2.45) is 0 Å². The molecule has 0 aliphatic carbocycles. The van der Waals surface area contributed by atoms with Crippen LogP contribution in [-0.2, 0) is 23.5 Å². The molecule has 7 N–H and O–H groups in total. The molecule has 6 nitrogen and oxygen atoms in total. The van der Waals surface area contributed by atoms with Gasteiger partial charge in [0.25, 0.3) is 0 Å². The second-order valence-electron chi connectivity index (χ2n) is 4.80. The van der Waals surface area contributed by atoms with E-state index in [0.717, 1.165) is 6.54 Å². The van der Waals surface area contributed by atoms with E-state index in [-0.39, 0.29) is 6.15 Å². The standard InChI is InChI=1S/C13H29N.Mo.H3N.4O/c1-2-3-4-5-6-7-8-9-10-11-12-13-14;;;;;;/h2-14H2,1H3;;1H3;;;;/q;;;;;2*-1/p+2. The minimum atomic E-state index is -6.02. The van der Waals surface area contributed by atoms with Crippen LogP contribution in [0.5, 0.6) is 0 Å². The number of quaternary nitrogens is 2. The summed E-state index contributed by atoms with van der Waals surface area (Å²) in [7, 11) is 0. The van der Waals surface area contributed by atoms with Crippen molar-refractivity contribution in [1.82, 2.24) is 6.15 Å². The predicted molar refractivity (Wildman–Crippen MR) is 71.6 cm³/mol. The first-order valence-corrected chi connectivity index (χ1v) is 10.7. The van der Waals surface area contributed by atoms with Gasteiger partial charge in [-0.1, -0.05) is 64.7 Å². The van der Waals surface area contributed by atoms with Crippen LogP contribution in [0.2, 0.25) is 0 Å². The Morgan fingerprint density at radius 1 is 0.750 bits per heavy atom. The van der Waals surface area contributed by atoms with Crippen LogP contribution < -0.4 is 19.4 Å². The Morgan fingerprint density at radius 2 is 1.00 bits per heavy atom. The summed E-state index contributed by atoms with van der Waals surface area (Å²) in [4.78, 5) is 0. The van der Waals surface area contributed by atoms with E-state index in [1.165, 1.54) is 70.6 Å². The van der Waals surface area contributed by atoms with Crippen LogP contribution in [0.1, 0.15) is 77.6 Å². The van der Waals surface area contributed by atoms with Crippen molar-refractivity contribution < 1.29 is 36.8 Å². The molecule has 20 heavy (non-hydrogen) atoms. The summed E-state index contributed by atoms with van der Waals surface area (Å²) in [6.07, 6.45) is 15.7. The SMILES string of the molecule is CCCCCCCCCCCCC[NH3+].[NH4+].[O]=[Mo](=[O])([O-])[O-]. The third kappa shape index (κ3) is 42.9. The van der Waals surface area contributed by atoms with Gasteiger partial charge in [-0.15, -0.1) is 0 Å². The molecule has 0 spiro atoms. The molecular formula is C13H34MoN2O4. The summed E-state index contributed by atoms with van der Waals surface area (Å²) in [6.45, 7) is 3.40. The summed E-state index contributed by atoms with van der Waals surface area (Å²) in [5.74, 6) is 0. The Hall–Kier alpha value is 0.128. The number of rotatable bonds is 11. The predicted octanol–water partition coefficient (Wildman–Crippen LogP) is 1.30. The van der Waals surface area contributed by atoms with Crippen molar-refractivity contribution in [3.8, 4) is 0 Å². The van der Waals surface area contributed by atoms with Crippen LogP contribution >= 0.6 is 0 Å². The molecule has 0 bridgehead atoms. The summed E-state index contributed by atoms with van der Waals surface area (Å²) in [5.41, 5.74) is 3.86. The molecule has 7 heteroatoms. The summed E-state index contributed by atoms with van der Waals surface area (Å²) >= 11 is -6.02. The van der Waals surface area contributed by atoms with E-state index >= 15 is 0 Å². The van der Waals surface area contributed by atoms with E-state index in [2.05, 4.69) is 12.7 Å². The van der Waals surface area contributed by atoms with Gasteiger partial charge in [0.2, 0.25) is 0 Å². The molecule has 0 radical (unpaired) electrons. The number of hydrogen-bond donors (Lipinski definition) is 2. The molecule has 0 amide bonds. The fraction of sp³-hybridized carbons (Fsp3) is 1.00. The first-order chi connectivity index (χ1) is 8.91. The Kier molecular flexibility index (Phi) is 24.0. The molecule has 0 fully saturated rings. The van der Waals surface area contributed by atoms with Crippen LogP contribution in [0.3, 0.4) is 0 Å². The van der Waals surface area contributed by atoms with Crippen LogP contribution in [0, 0.1) is 0 Å². The topological polar surface area (TPSA) is 144 Å². The fourth-order valence-electron chi connectivity index (χ4n) is 1.84. The van der Waals surface area contributed by atoms with Gasteiger partial charge in [0, 0.05) is 0 Å². The van der Waals surface area contributed by atoms with Gasteiger partial charge in [-0.2, -0.15) is 0 Å². The van der Waals surface area contributed by atoms with Gasteiger partial charge in [0.15, 0.2) is 0 Å². The van der Waals surface area contributed by atoms with Gasteiger partial charge in [-0.3, -0.25) is 0 Å². The molecule has 0 unspecified atom stereocenters. The van der Waals surface area contributed by atoms with Crippen molar-refractivity contribution >= 4 is 0 Å². The van der Waals surface area contributed by atoms with E-state index in [1.54, 1.807) is 0 Å². The molecule has 0 rings (SSSR count). The van der Waals surface area contributed by atoms with E-state index in [1.807, 2.05) is 0 Å². The molecule has 0 aromatic carbocycles. The van der Waals surface area contributed by atoms with Crippen molar-refractivity contribution in [3.63, 3.8) is 0 Å². The average Bonchev–Trinajstić information content (AvgIpc) is 2.29. The van der Waals surface area contributed by atoms with Gasteiger partial charge < -0.3 is 11.9 Å². The van der Waals surface area contributed by atoms with Crippen LogP contribution in [0.15, 0.2) is 0 Å². The fourth-order valence-corrected chi connectivity index (χ4v) is 1.84. The molecule has 0 saturated heterocycles. The van der Waals surface area contributed by atoms with Crippen molar-refractivity contribution in [2.75, 3.05) is 6.54 Å². The zero-order valence-corrected chi connectivity index (χ0v) is 15.2. The molecule has 0 atom stereocenters. The van der Waals surface area contributed by atoms with Gasteiger partial charge in [-0.05, 0) is 12.8 Å². The second kappa shape index (κ2) is 19.1. The molecule has 0 heterocycles. The number of unbranched alkanes of at least 4 members (excludes halogenated alkanes) is 10. The summed E-state index contributed by atoms with van der Waals surface area (Å²) < 4.78 is 34.5. The first-order valence-electron chi connectivity index (χ1n) is 7.37. The number of hydrogen-bond acceptors (Lipinski definition) is 4. The molecular weight excluding hydrogens is 344 g/mol. The monoisotopic (exact) mass is 380 g/mol. The first kappa shape index (κ1) is 25.1. The molecule has 126 valence electrons. The Morgan fingerprint density at radius 3 is 1.25 bits per heavy atom. The quantitative estimate of drug-likeness (QED) is 0.412. The summed E-state index contributed by atoms with van der Waals surface area (Å²) in [5, 5.41) is 0. The maximum atomic E-state index is 8.63. The molecule has 0 saturated carbocycles. The molecule has 0 aromatic rings. The average molecular weight is 378 g/mol. The minimum absolute atomic E-state index is 0. The van der Waals surface area contributed by atoms with E-state index < -0.39 is 16.7 Å². The molecule has 0 aliphatic rings. The van der Waals surface area contributed by atoms with Gasteiger partial charge in [-0.25, -0.2) is 0 Å².